The standard InChI is InChI=1S/C24H48N2O8/c1-23(2,3)21(27)19-33-17-15-31-13-11-29-9-7-25-22(28)20-34-18-16-32-14-12-30-10-8-26-24(4,5)6/h26H,7-20H2,1-6H3,(H,25,28). The van der Waals surface area contributed by atoms with Crippen LogP contribution in [0.15, 0.2) is 0 Å². The molecule has 0 atom stereocenters. The van der Waals surface area contributed by atoms with Crippen molar-refractivity contribution in [2.75, 3.05) is 92.4 Å². The molecule has 0 aromatic rings. The monoisotopic (exact) mass is 492 g/mol. The highest BCUT2D eigenvalue weighted by molar-refractivity contribution is 5.84. The Morgan fingerprint density at radius 3 is 1.44 bits per heavy atom. The molecule has 0 spiro atoms. The molecular weight excluding hydrogens is 444 g/mol. The molecule has 0 saturated carbocycles. The average Bonchev–Trinajstić information content (AvgIpc) is 2.74. The number of ketones is 1. The van der Waals surface area contributed by atoms with E-state index in [1.54, 1.807) is 0 Å². The van der Waals surface area contributed by atoms with Gasteiger partial charge in [0, 0.05) is 24.0 Å². The fourth-order valence-corrected chi connectivity index (χ4v) is 2.24. The molecule has 34 heavy (non-hydrogen) atoms. The highest BCUT2D eigenvalue weighted by atomic mass is 16.5. The van der Waals surface area contributed by atoms with E-state index >= 15 is 0 Å². The lowest BCUT2D eigenvalue weighted by molar-refractivity contribution is -0.131. The van der Waals surface area contributed by atoms with Crippen molar-refractivity contribution in [1.82, 2.24) is 10.6 Å². The Morgan fingerprint density at radius 1 is 0.559 bits per heavy atom. The first-order valence-corrected chi connectivity index (χ1v) is 12.0. The van der Waals surface area contributed by atoms with Gasteiger partial charge in [-0.1, -0.05) is 20.8 Å². The molecule has 0 bridgehead atoms. The first-order valence-electron chi connectivity index (χ1n) is 12.0. The summed E-state index contributed by atoms with van der Waals surface area (Å²) in [6.45, 7) is 17.7. The van der Waals surface area contributed by atoms with Gasteiger partial charge in [0.25, 0.3) is 0 Å². The summed E-state index contributed by atoms with van der Waals surface area (Å²) in [6, 6.07) is 0. The second kappa shape index (κ2) is 20.1. The van der Waals surface area contributed by atoms with Gasteiger partial charge >= 0.3 is 0 Å². The van der Waals surface area contributed by atoms with Gasteiger partial charge in [0.1, 0.15) is 13.2 Å². The van der Waals surface area contributed by atoms with E-state index in [-0.39, 0.29) is 35.9 Å². The molecule has 0 aromatic heterocycles. The second-order valence-electron chi connectivity index (χ2n) is 9.75. The quantitative estimate of drug-likeness (QED) is 0.215. The average molecular weight is 493 g/mol. The fourth-order valence-electron chi connectivity index (χ4n) is 2.24. The largest absolute Gasteiger partial charge is 0.378 e. The van der Waals surface area contributed by atoms with Gasteiger partial charge in [0.2, 0.25) is 5.91 Å². The van der Waals surface area contributed by atoms with E-state index in [1.807, 2.05) is 20.8 Å². The van der Waals surface area contributed by atoms with Crippen molar-refractivity contribution >= 4 is 11.7 Å². The molecule has 10 nitrogen and oxygen atoms in total. The lowest BCUT2D eigenvalue weighted by Crippen LogP contribution is -2.38. The molecule has 0 aromatic carbocycles. The number of hydrogen-bond donors (Lipinski definition) is 2. The summed E-state index contributed by atoms with van der Waals surface area (Å²) in [5.74, 6) is -0.130. The van der Waals surface area contributed by atoms with E-state index in [9.17, 15) is 9.59 Å². The highest BCUT2D eigenvalue weighted by Gasteiger charge is 2.20. The van der Waals surface area contributed by atoms with Crippen molar-refractivity contribution < 1.29 is 38.0 Å². The van der Waals surface area contributed by atoms with Crippen LogP contribution >= 0.6 is 0 Å². The van der Waals surface area contributed by atoms with Crippen molar-refractivity contribution in [3.8, 4) is 0 Å². The predicted octanol–water partition coefficient (Wildman–Crippen LogP) is 1.21. The fraction of sp³-hybridized carbons (Fsp3) is 0.917. The van der Waals surface area contributed by atoms with Gasteiger partial charge in [-0.3, -0.25) is 9.59 Å². The Balaban J connectivity index is 3.28. The lowest BCUT2D eigenvalue weighted by Gasteiger charge is -2.20. The predicted molar refractivity (Wildman–Crippen MR) is 130 cm³/mol. The van der Waals surface area contributed by atoms with Gasteiger partial charge in [-0.25, -0.2) is 0 Å². The molecule has 0 heterocycles. The number of amides is 1. The van der Waals surface area contributed by atoms with E-state index in [2.05, 4.69) is 31.4 Å². The Bertz CT molecular complexity index is 518. The first-order chi connectivity index (χ1) is 16.0. The third kappa shape index (κ3) is 24.0. The highest BCUT2D eigenvalue weighted by Crippen LogP contribution is 2.14. The number of carbonyl (C=O) groups is 2. The van der Waals surface area contributed by atoms with E-state index in [0.717, 1.165) is 6.54 Å². The summed E-state index contributed by atoms with van der Waals surface area (Å²) in [6.07, 6.45) is 0. The number of carbonyl (C=O) groups excluding carboxylic acids is 2. The van der Waals surface area contributed by atoms with Crippen molar-refractivity contribution in [1.29, 1.82) is 0 Å². The van der Waals surface area contributed by atoms with Crippen LogP contribution in [0.1, 0.15) is 41.5 Å². The van der Waals surface area contributed by atoms with Crippen LogP contribution in [-0.4, -0.2) is 110 Å². The molecule has 0 fully saturated rings. The summed E-state index contributed by atoms with van der Waals surface area (Å²) in [5.41, 5.74) is -0.289. The van der Waals surface area contributed by atoms with Gasteiger partial charge in [-0.15, -0.1) is 0 Å². The first kappa shape index (κ1) is 32.9. The van der Waals surface area contributed by atoms with Crippen LogP contribution in [0.5, 0.6) is 0 Å². The Kier molecular flexibility index (Phi) is 19.4. The minimum atomic E-state index is -0.385. The minimum absolute atomic E-state index is 0.0147. The van der Waals surface area contributed by atoms with Crippen molar-refractivity contribution in [2.24, 2.45) is 5.41 Å². The van der Waals surface area contributed by atoms with Crippen LogP contribution < -0.4 is 10.6 Å². The van der Waals surface area contributed by atoms with Crippen molar-refractivity contribution in [3.63, 3.8) is 0 Å². The molecule has 0 unspecified atom stereocenters. The van der Waals surface area contributed by atoms with Gasteiger partial charge in [-0.2, -0.15) is 0 Å². The number of hydrogen-bond acceptors (Lipinski definition) is 9. The number of rotatable bonds is 22. The number of nitrogens with one attached hydrogen (secondary N) is 2. The second-order valence-corrected chi connectivity index (χ2v) is 9.75. The molecule has 0 rings (SSSR count). The zero-order valence-corrected chi connectivity index (χ0v) is 22.2. The molecule has 0 aliphatic carbocycles. The van der Waals surface area contributed by atoms with Gasteiger partial charge in [-0.05, 0) is 20.8 Å². The Hall–Kier alpha value is -1.14. The Morgan fingerprint density at radius 2 is 0.971 bits per heavy atom. The topological polar surface area (TPSA) is 114 Å². The normalized spacial score (nSPS) is 12.2. The third-order valence-electron chi connectivity index (χ3n) is 4.26. The molecule has 202 valence electrons. The Labute approximate surface area is 205 Å². The smallest absolute Gasteiger partial charge is 0.246 e. The van der Waals surface area contributed by atoms with Crippen LogP contribution in [0.3, 0.4) is 0 Å². The van der Waals surface area contributed by atoms with Crippen molar-refractivity contribution in [3.05, 3.63) is 0 Å². The van der Waals surface area contributed by atoms with Gasteiger partial charge in [0.05, 0.1) is 66.1 Å². The van der Waals surface area contributed by atoms with Crippen LogP contribution in [0, 0.1) is 5.41 Å². The maximum absolute atomic E-state index is 11.7. The zero-order valence-electron chi connectivity index (χ0n) is 22.2. The third-order valence-corrected chi connectivity index (χ3v) is 4.26. The van der Waals surface area contributed by atoms with Crippen LogP contribution in [0.25, 0.3) is 0 Å². The summed E-state index contributed by atoms with van der Waals surface area (Å²) in [7, 11) is 0. The zero-order chi connectivity index (χ0) is 25.7. The molecule has 10 heteroatoms. The molecule has 2 N–H and O–H groups in total. The summed E-state index contributed by atoms with van der Waals surface area (Å²) >= 11 is 0. The van der Waals surface area contributed by atoms with Crippen LogP contribution in [0.4, 0.5) is 0 Å². The summed E-state index contributed by atoms with van der Waals surface area (Å²) in [4.78, 5) is 23.4. The minimum Gasteiger partial charge on any atom is -0.378 e. The lowest BCUT2D eigenvalue weighted by atomic mass is 9.91. The van der Waals surface area contributed by atoms with E-state index in [0.29, 0.717) is 72.6 Å². The SMILES string of the molecule is CC(C)(C)NCCOCCOCCOCC(=O)NCCOCCOCCOCC(=O)C(C)(C)C. The van der Waals surface area contributed by atoms with E-state index < -0.39 is 0 Å². The molecule has 0 radical (unpaired) electrons. The van der Waals surface area contributed by atoms with E-state index in [4.69, 9.17) is 28.4 Å². The maximum Gasteiger partial charge on any atom is 0.246 e. The number of ether oxygens (including phenoxy) is 6. The van der Waals surface area contributed by atoms with Crippen molar-refractivity contribution in [2.45, 2.75) is 47.1 Å². The maximum atomic E-state index is 11.7. The van der Waals surface area contributed by atoms with Gasteiger partial charge in [0.15, 0.2) is 5.78 Å². The van der Waals surface area contributed by atoms with Crippen LogP contribution in [-0.2, 0) is 38.0 Å². The van der Waals surface area contributed by atoms with Gasteiger partial charge < -0.3 is 39.1 Å². The molecule has 0 saturated heterocycles. The summed E-state index contributed by atoms with van der Waals surface area (Å²) < 4.78 is 32.2. The molecule has 1 amide bonds. The van der Waals surface area contributed by atoms with E-state index in [1.165, 1.54) is 0 Å². The molecule has 0 aliphatic rings. The molecule has 0 aliphatic heterocycles. The number of Topliss-reactive ketones (excluding diaryl/α,β-unsaturated/α-hetero) is 1. The molecular formula is C24H48N2O8. The van der Waals surface area contributed by atoms with Crippen LogP contribution in [0.2, 0.25) is 0 Å². The summed E-state index contributed by atoms with van der Waals surface area (Å²) in [5, 5.41) is 6.06.